The van der Waals surface area contributed by atoms with Crippen molar-refractivity contribution in [2.24, 2.45) is 5.92 Å². The van der Waals surface area contributed by atoms with Gasteiger partial charge in [0, 0.05) is 54.0 Å². The van der Waals surface area contributed by atoms with Crippen LogP contribution >= 0.6 is 23.2 Å². The van der Waals surface area contributed by atoms with Crippen LogP contribution in [0, 0.1) is 5.92 Å². The molecule has 9 nitrogen and oxygen atoms in total. The van der Waals surface area contributed by atoms with Crippen molar-refractivity contribution in [3.63, 3.8) is 0 Å². The second kappa shape index (κ2) is 12.2. The quantitative estimate of drug-likeness (QED) is 0.330. The molecule has 2 aliphatic heterocycles. The Morgan fingerprint density at radius 3 is 2.62 bits per heavy atom. The monoisotopic (exact) mass is 586 g/mol. The van der Waals surface area contributed by atoms with Crippen molar-refractivity contribution >= 4 is 51.4 Å². The van der Waals surface area contributed by atoms with Gasteiger partial charge in [-0.15, -0.1) is 0 Å². The number of aromatic nitrogens is 2. The van der Waals surface area contributed by atoms with E-state index in [1.54, 1.807) is 26.5 Å². The van der Waals surface area contributed by atoms with Gasteiger partial charge in [0.15, 0.2) is 5.78 Å². The zero-order chi connectivity index (χ0) is 28.4. The first-order valence-corrected chi connectivity index (χ1v) is 13.9. The van der Waals surface area contributed by atoms with Crippen molar-refractivity contribution < 1.29 is 23.7 Å². The molecular weight excluding hydrogens is 555 g/mol. The van der Waals surface area contributed by atoms with Crippen molar-refractivity contribution in [3.8, 4) is 22.8 Å². The number of ketones is 1. The molecule has 5 rings (SSSR count). The normalized spacial score (nSPS) is 20.9. The number of allylic oxidation sites excluding steroid dienone is 1. The predicted molar refractivity (Wildman–Crippen MR) is 157 cm³/mol. The number of nitrogens with one attached hydrogen (secondary N) is 1. The van der Waals surface area contributed by atoms with Gasteiger partial charge < -0.3 is 29.2 Å². The number of fused-ring (bicyclic) bond motifs is 1. The van der Waals surface area contributed by atoms with Crippen LogP contribution in [0.15, 0.2) is 37.1 Å². The molecule has 3 aromatic rings. The molecule has 1 unspecified atom stereocenters. The molecule has 212 valence electrons. The first-order chi connectivity index (χ1) is 19.3. The number of morpholine rings is 1. The summed E-state index contributed by atoms with van der Waals surface area (Å²) in [4.78, 5) is 24.0. The Kier molecular flexibility index (Phi) is 8.65. The Labute approximate surface area is 243 Å². The maximum absolute atomic E-state index is 12.0. The molecule has 3 atom stereocenters. The third-order valence-corrected chi connectivity index (χ3v) is 8.04. The van der Waals surface area contributed by atoms with Crippen LogP contribution in [0.2, 0.25) is 10.0 Å². The van der Waals surface area contributed by atoms with Gasteiger partial charge in [0.1, 0.15) is 23.1 Å². The molecule has 0 radical (unpaired) electrons. The summed E-state index contributed by atoms with van der Waals surface area (Å²) in [6.07, 6.45) is 3.58. The molecule has 2 fully saturated rings. The Bertz CT molecular complexity index is 1410. The Hall–Kier alpha value is -3.11. The zero-order valence-electron chi connectivity index (χ0n) is 22.7. The van der Waals surface area contributed by atoms with E-state index in [0.717, 1.165) is 16.6 Å². The van der Waals surface area contributed by atoms with Gasteiger partial charge in [-0.25, -0.2) is 9.97 Å². The third kappa shape index (κ3) is 5.69. The van der Waals surface area contributed by atoms with Gasteiger partial charge >= 0.3 is 0 Å². The molecule has 1 aromatic carbocycles. The second-order valence-corrected chi connectivity index (χ2v) is 10.7. The van der Waals surface area contributed by atoms with Crippen LogP contribution in [0.3, 0.4) is 0 Å². The molecule has 0 saturated carbocycles. The van der Waals surface area contributed by atoms with Crippen molar-refractivity contribution in [2.45, 2.75) is 25.5 Å². The molecule has 0 bridgehead atoms. The predicted octanol–water partition coefficient (Wildman–Crippen LogP) is 5.42. The van der Waals surface area contributed by atoms with E-state index in [2.05, 4.69) is 16.8 Å². The average molecular weight is 588 g/mol. The lowest BCUT2D eigenvalue weighted by atomic mass is 9.97. The highest BCUT2D eigenvalue weighted by Gasteiger charge is 2.30. The number of pyridine rings is 2. The molecule has 0 amide bonds. The van der Waals surface area contributed by atoms with Crippen molar-refractivity contribution in [2.75, 3.05) is 57.3 Å². The Balaban J connectivity index is 1.60. The smallest absolute Gasteiger partial charge is 0.155 e. The van der Waals surface area contributed by atoms with E-state index >= 15 is 0 Å². The van der Waals surface area contributed by atoms with E-state index in [-0.39, 0.29) is 23.8 Å². The number of carbonyl (C=O) groups is 1. The van der Waals surface area contributed by atoms with Crippen molar-refractivity contribution in [1.29, 1.82) is 0 Å². The highest BCUT2D eigenvalue weighted by atomic mass is 35.5. The fourth-order valence-corrected chi connectivity index (χ4v) is 5.88. The van der Waals surface area contributed by atoms with Crippen LogP contribution in [-0.2, 0) is 14.3 Å². The molecule has 0 spiro atoms. The topological polar surface area (TPSA) is 95.0 Å². The number of hydrogen-bond acceptors (Lipinski definition) is 9. The molecule has 4 heterocycles. The fourth-order valence-electron chi connectivity index (χ4n) is 5.19. The largest absolute Gasteiger partial charge is 0.495 e. The maximum Gasteiger partial charge on any atom is 0.155 e. The summed E-state index contributed by atoms with van der Waals surface area (Å²) in [5.41, 5.74) is 1.09. The standard InChI is InChI=1S/C29H32Cl2N4O5/c1-5-19(36)8-18-14-39-15-22(18)33-25-10-20-17(12-32-25)9-21(34-29(20)35-6-7-40-16(2)13-35)26-27(30)23(37-3)11-24(38-4)28(26)31/h5,9-12,16,18,22H,1,6-8,13-15H2,2-4H3,(H,32,33)/t16?,18-,22+/m0/s1. The number of benzene rings is 1. The summed E-state index contributed by atoms with van der Waals surface area (Å²) in [5, 5.41) is 5.93. The minimum absolute atomic E-state index is 0.000665. The van der Waals surface area contributed by atoms with Crippen LogP contribution in [0.5, 0.6) is 11.5 Å². The summed E-state index contributed by atoms with van der Waals surface area (Å²) in [6.45, 7) is 8.56. The van der Waals surface area contributed by atoms with E-state index in [0.29, 0.717) is 78.0 Å². The van der Waals surface area contributed by atoms with Crippen LogP contribution < -0.4 is 19.7 Å². The van der Waals surface area contributed by atoms with Crippen molar-refractivity contribution in [1.82, 2.24) is 9.97 Å². The molecule has 0 aliphatic carbocycles. The van der Waals surface area contributed by atoms with E-state index in [1.807, 2.05) is 19.1 Å². The lowest BCUT2D eigenvalue weighted by molar-refractivity contribution is -0.115. The molecule has 1 N–H and O–H groups in total. The Morgan fingerprint density at radius 1 is 1.20 bits per heavy atom. The summed E-state index contributed by atoms with van der Waals surface area (Å²) in [5.74, 6) is 2.35. The number of ether oxygens (including phenoxy) is 4. The summed E-state index contributed by atoms with van der Waals surface area (Å²) in [6, 6.07) is 5.51. The number of halogens is 2. The van der Waals surface area contributed by atoms with Gasteiger partial charge in [0.05, 0.1) is 61.9 Å². The number of rotatable bonds is 9. The van der Waals surface area contributed by atoms with Gasteiger partial charge in [0.2, 0.25) is 0 Å². The number of anilines is 2. The van der Waals surface area contributed by atoms with Gasteiger partial charge in [-0.3, -0.25) is 4.79 Å². The summed E-state index contributed by atoms with van der Waals surface area (Å²) >= 11 is 13.5. The number of methoxy groups -OCH3 is 2. The average Bonchev–Trinajstić information content (AvgIpc) is 3.38. The SMILES string of the molecule is C=CC(=O)C[C@H]1COC[C@H]1Nc1cc2c(N3CCOC(C)C3)nc(-c3c(Cl)c(OC)cc(OC)c3Cl)cc2cn1. The van der Waals surface area contributed by atoms with Gasteiger partial charge in [-0.1, -0.05) is 29.8 Å². The summed E-state index contributed by atoms with van der Waals surface area (Å²) in [7, 11) is 3.08. The van der Waals surface area contributed by atoms with Crippen LogP contribution in [0.25, 0.3) is 22.0 Å². The number of carbonyl (C=O) groups excluding carboxylic acids is 1. The lowest BCUT2D eigenvalue weighted by Gasteiger charge is -2.33. The molecular formula is C29H32Cl2N4O5. The molecule has 11 heteroatoms. The van der Waals surface area contributed by atoms with E-state index in [1.165, 1.54) is 6.08 Å². The van der Waals surface area contributed by atoms with Crippen LogP contribution in [0.4, 0.5) is 11.6 Å². The minimum atomic E-state index is -0.0465. The highest BCUT2D eigenvalue weighted by Crippen LogP contribution is 2.46. The molecule has 2 aromatic heterocycles. The first kappa shape index (κ1) is 28.4. The van der Waals surface area contributed by atoms with Crippen molar-refractivity contribution in [3.05, 3.63) is 47.1 Å². The lowest BCUT2D eigenvalue weighted by Crippen LogP contribution is -2.41. The van der Waals surface area contributed by atoms with E-state index < -0.39 is 0 Å². The van der Waals surface area contributed by atoms with Gasteiger partial charge in [-0.2, -0.15) is 0 Å². The minimum Gasteiger partial charge on any atom is -0.495 e. The Morgan fingerprint density at radius 2 is 1.95 bits per heavy atom. The second-order valence-electron chi connectivity index (χ2n) is 9.96. The maximum atomic E-state index is 12.0. The van der Waals surface area contributed by atoms with Gasteiger partial charge in [-0.05, 0) is 25.1 Å². The zero-order valence-corrected chi connectivity index (χ0v) is 24.2. The van der Waals surface area contributed by atoms with Crippen LogP contribution in [0.1, 0.15) is 13.3 Å². The number of nitrogens with zero attached hydrogens (tertiary/aromatic N) is 3. The highest BCUT2D eigenvalue weighted by molar-refractivity contribution is 6.41. The first-order valence-electron chi connectivity index (χ1n) is 13.1. The molecule has 2 aliphatic rings. The summed E-state index contributed by atoms with van der Waals surface area (Å²) < 4.78 is 22.5. The molecule has 40 heavy (non-hydrogen) atoms. The van der Waals surface area contributed by atoms with Gasteiger partial charge in [0.25, 0.3) is 0 Å². The fraction of sp³-hybridized carbons (Fsp3) is 0.414. The van der Waals surface area contributed by atoms with Crippen LogP contribution in [-0.4, -0.2) is 75.0 Å². The van der Waals surface area contributed by atoms with E-state index in [9.17, 15) is 4.79 Å². The molecule has 2 saturated heterocycles. The third-order valence-electron chi connectivity index (χ3n) is 7.29. The van der Waals surface area contributed by atoms with E-state index in [4.69, 9.17) is 52.1 Å². The number of hydrogen-bond donors (Lipinski definition) is 1.